The van der Waals surface area contributed by atoms with Gasteiger partial charge < -0.3 is 10.2 Å². The Kier molecular flexibility index (Phi) is 10.4. The van der Waals surface area contributed by atoms with Gasteiger partial charge in [-0.3, -0.25) is 9.59 Å². The van der Waals surface area contributed by atoms with E-state index in [0.29, 0.717) is 21.3 Å². The number of hydrogen-bond donors (Lipinski definition) is 1. The molecule has 2 rings (SSSR count). The highest BCUT2D eigenvalue weighted by atomic mass is 35.5. The first-order chi connectivity index (χ1) is 16.4. The Morgan fingerprint density at radius 1 is 1.03 bits per heavy atom. The number of hydrogen-bond acceptors (Lipinski definition) is 4. The summed E-state index contributed by atoms with van der Waals surface area (Å²) in [6.45, 7) is 4.90. The van der Waals surface area contributed by atoms with Crippen LogP contribution in [0.3, 0.4) is 0 Å². The van der Waals surface area contributed by atoms with Crippen LogP contribution < -0.4 is 9.62 Å². The number of carbonyl (C=O) groups is 2. The molecule has 0 fully saturated rings. The quantitative estimate of drug-likeness (QED) is 0.465. The first-order valence-electron chi connectivity index (χ1n) is 11.2. The molecule has 11 heteroatoms. The maximum Gasteiger partial charge on any atom is 0.304 e. The van der Waals surface area contributed by atoms with Crippen LogP contribution in [0.5, 0.6) is 0 Å². The summed E-state index contributed by atoms with van der Waals surface area (Å²) in [6, 6.07) is 12.2. The molecule has 0 unspecified atom stereocenters. The Morgan fingerprint density at radius 3 is 2.20 bits per heavy atom. The number of para-hydroxylation sites is 1. The Hall–Kier alpha value is -2.33. The van der Waals surface area contributed by atoms with E-state index in [9.17, 15) is 18.0 Å². The van der Waals surface area contributed by atoms with Crippen LogP contribution in [0.1, 0.15) is 32.8 Å². The Balaban J connectivity index is 2.46. The van der Waals surface area contributed by atoms with Crippen LogP contribution >= 0.6 is 23.2 Å². The third-order valence-electron chi connectivity index (χ3n) is 5.59. The van der Waals surface area contributed by atoms with Crippen molar-refractivity contribution in [3.05, 3.63) is 64.1 Å². The van der Waals surface area contributed by atoms with Gasteiger partial charge in [0.2, 0.25) is 11.8 Å². The SMILES string of the molecule is CC[C@@H](C)NC(=O)[C@@H](C)N(Cc1ccc(Cl)cc1Cl)C(=O)CN(c1ccccc1)S(=O)(=O)N(C)C. The minimum absolute atomic E-state index is 0.00539. The fourth-order valence-electron chi connectivity index (χ4n) is 3.19. The Morgan fingerprint density at radius 2 is 1.66 bits per heavy atom. The second kappa shape index (κ2) is 12.6. The van der Waals surface area contributed by atoms with Gasteiger partial charge in [0.05, 0.1) is 5.69 Å². The van der Waals surface area contributed by atoms with E-state index in [1.54, 1.807) is 55.5 Å². The van der Waals surface area contributed by atoms with Crippen LogP contribution in [-0.4, -0.2) is 62.2 Å². The molecule has 0 aliphatic carbocycles. The molecule has 2 amide bonds. The van der Waals surface area contributed by atoms with Crippen molar-refractivity contribution in [1.82, 2.24) is 14.5 Å². The minimum Gasteiger partial charge on any atom is -0.352 e. The summed E-state index contributed by atoms with van der Waals surface area (Å²) >= 11 is 12.4. The molecule has 2 aromatic rings. The number of nitrogens with zero attached hydrogens (tertiary/aromatic N) is 3. The van der Waals surface area contributed by atoms with Crippen molar-refractivity contribution in [3.8, 4) is 0 Å². The lowest BCUT2D eigenvalue weighted by molar-refractivity contribution is -0.139. The molecule has 2 aromatic carbocycles. The van der Waals surface area contributed by atoms with Gasteiger partial charge in [-0.2, -0.15) is 12.7 Å². The molecular weight excluding hydrogens is 511 g/mol. The van der Waals surface area contributed by atoms with Gasteiger partial charge in [0, 0.05) is 36.7 Å². The molecule has 0 aliphatic rings. The van der Waals surface area contributed by atoms with Gasteiger partial charge in [-0.1, -0.05) is 54.4 Å². The first kappa shape index (κ1) is 28.9. The van der Waals surface area contributed by atoms with Crippen LogP contribution in [0.4, 0.5) is 5.69 Å². The number of benzene rings is 2. The van der Waals surface area contributed by atoms with E-state index >= 15 is 0 Å². The van der Waals surface area contributed by atoms with E-state index in [2.05, 4.69) is 5.32 Å². The molecule has 192 valence electrons. The molecule has 0 spiro atoms. The smallest absolute Gasteiger partial charge is 0.304 e. The minimum atomic E-state index is -4.00. The highest BCUT2D eigenvalue weighted by molar-refractivity contribution is 7.90. The van der Waals surface area contributed by atoms with Crippen molar-refractivity contribution < 1.29 is 18.0 Å². The summed E-state index contributed by atoms with van der Waals surface area (Å²) in [6.07, 6.45) is 0.721. The van der Waals surface area contributed by atoms with E-state index in [-0.39, 0.29) is 18.5 Å². The highest BCUT2D eigenvalue weighted by Crippen LogP contribution is 2.24. The zero-order valence-corrected chi connectivity index (χ0v) is 22.9. The van der Waals surface area contributed by atoms with Gasteiger partial charge in [-0.15, -0.1) is 0 Å². The summed E-state index contributed by atoms with van der Waals surface area (Å²) in [5.41, 5.74) is 0.907. The maximum absolute atomic E-state index is 13.6. The summed E-state index contributed by atoms with van der Waals surface area (Å²) in [7, 11) is -1.22. The third-order valence-corrected chi connectivity index (χ3v) is 7.99. The average Bonchev–Trinajstić information content (AvgIpc) is 2.81. The van der Waals surface area contributed by atoms with Crippen molar-refractivity contribution in [2.24, 2.45) is 0 Å². The van der Waals surface area contributed by atoms with Gasteiger partial charge in [0.1, 0.15) is 12.6 Å². The fourth-order valence-corrected chi connectivity index (χ4v) is 4.72. The second-order valence-corrected chi connectivity index (χ2v) is 11.3. The number of rotatable bonds is 11. The number of anilines is 1. The predicted octanol–water partition coefficient (Wildman–Crippen LogP) is 3.94. The molecule has 0 saturated heterocycles. The zero-order chi connectivity index (χ0) is 26.3. The van der Waals surface area contributed by atoms with Crippen LogP contribution in [0.15, 0.2) is 48.5 Å². The maximum atomic E-state index is 13.6. The van der Waals surface area contributed by atoms with Crippen LogP contribution in [0.2, 0.25) is 10.0 Å². The average molecular weight is 544 g/mol. The zero-order valence-electron chi connectivity index (χ0n) is 20.5. The molecule has 2 atom stereocenters. The molecule has 35 heavy (non-hydrogen) atoms. The predicted molar refractivity (Wildman–Crippen MR) is 141 cm³/mol. The molecule has 0 heterocycles. The van der Waals surface area contributed by atoms with Crippen molar-refractivity contribution in [2.75, 3.05) is 24.9 Å². The van der Waals surface area contributed by atoms with Crippen molar-refractivity contribution in [3.63, 3.8) is 0 Å². The second-order valence-electron chi connectivity index (χ2n) is 8.38. The van der Waals surface area contributed by atoms with Gasteiger partial charge in [0.25, 0.3) is 0 Å². The summed E-state index contributed by atoms with van der Waals surface area (Å²) in [5.74, 6) is -0.906. The standard InChI is InChI=1S/C24H32Cl2N4O4S/c1-6-17(2)27-24(32)18(3)29(15-19-12-13-20(25)14-22(19)26)23(31)16-30(35(33,34)28(4)5)21-10-8-7-9-11-21/h7-14,17-18H,6,15-16H2,1-5H3,(H,27,32)/t17-,18-/m1/s1. The lowest BCUT2D eigenvalue weighted by Crippen LogP contribution is -2.53. The monoisotopic (exact) mass is 542 g/mol. The molecular formula is C24H32Cl2N4O4S. The van der Waals surface area contributed by atoms with E-state index in [1.807, 2.05) is 13.8 Å². The van der Waals surface area contributed by atoms with E-state index in [4.69, 9.17) is 23.2 Å². The van der Waals surface area contributed by atoms with E-state index < -0.39 is 28.7 Å². The third kappa shape index (κ3) is 7.57. The Bertz CT molecular complexity index is 1130. The lowest BCUT2D eigenvalue weighted by Gasteiger charge is -2.33. The van der Waals surface area contributed by atoms with Gasteiger partial charge in [-0.05, 0) is 50.1 Å². The normalized spacial score (nSPS) is 13.3. The highest BCUT2D eigenvalue weighted by Gasteiger charge is 2.33. The molecule has 0 aromatic heterocycles. The summed E-state index contributed by atoms with van der Waals surface area (Å²) < 4.78 is 28.2. The van der Waals surface area contributed by atoms with Crippen LogP contribution in [0, 0.1) is 0 Å². The van der Waals surface area contributed by atoms with Gasteiger partial charge in [-0.25, -0.2) is 4.31 Å². The van der Waals surface area contributed by atoms with Crippen molar-refractivity contribution >= 4 is 50.9 Å². The van der Waals surface area contributed by atoms with E-state index in [1.165, 1.54) is 19.0 Å². The first-order valence-corrected chi connectivity index (χ1v) is 13.3. The number of amides is 2. The van der Waals surface area contributed by atoms with Gasteiger partial charge in [0.15, 0.2) is 0 Å². The molecule has 1 N–H and O–H groups in total. The van der Waals surface area contributed by atoms with Crippen LogP contribution in [0.25, 0.3) is 0 Å². The summed E-state index contributed by atoms with van der Waals surface area (Å²) in [4.78, 5) is 27.9. The molecule has 0 radical (unpaired) electrons. The van der Waals surface area contributed by atoms with Crippen LogP contribution in [-0.2, 0) is 26.3 Å². The van der Waals surface area contributed by atoms with E-state index in [0.717, 1.165) is 15.0 Å². The number of carbonyl (C=O) groups excluding carboxylic acids is 2. The van der Waals surface area contributed by atoms with Crippen molar-refractivity contribution in [2.45, 2.75) is 45.8 Å². The van der Waals surface area contributed by atoms with Gasteiger partial charge >= 0.3 is 10.2 Å². The lowest BCUT2D eigenvalue weighted by atomic mass is 10.1. The largest absolute Gasteiger partial charge is 0.352 e. The number of halogens is 2. The molecule has 0 aliphatic heterocycles. The molecule has 0 bridgehead atoms. The van der Waals surface area contributed by atoms with Crippen molar-refractivity contribution in [1.29, 1.82) is 0 Å². The number of nitrogens with one attached hydrogen (secondary N) is 1. The molecule has 8 nitrogen and oxygen atoms in total. The topological polar surface area (TPSA) is 90.0 Å². The Labute approximate surface area is 218 Å². The fraction of sp³-hybridized carbons (Fsp3) is 0.417. The summed E-state index contributed by atoms with van der Waals surface area (Å²) in [5, 5.41) is 3.66. The molecule has 0 saturated carbocycles.